The lowest BCUT2D eigenvalue weighted by molar-refractivity contribution is -0.115. The van der Waals surface area contributed by atoms with Crippen molar-refractivity contribution in [3.8, 4) is 11.5 Å². The van der Waals surface area contributed by atoms with Gasteiger partial charge in [0.1, 0.15) is 17.1 Å². The van der Waals surface area contributed by atoms with E-state index >= 15 is 0 Å². The molecule has 0 unspecified atom stereocenters. The van der Waals surface area contributed by atoms with Crippen LogP contribution in [0, 0.1) is 0 Å². The second kappa shape index (κ2) is 8.15. The first-order chi connectivity index (χ1) is 11.5. The number of esters is 1. The van der Waals surface area contributed by atoms with Crippen molar-refractivity contribution in [2.24, 2.45) is 0 Å². The molecule has 0 saturated heterocycles. The molecule has 126 valence electrons. The molecule has 0 spiro atoms. The predicted octanol–water partition coefficient (Wildman–Crippen LogP) is 4.04. The third kappa shape index (κ3) is 4.84. The number of nitrogens with one attached hydrogen (secondary N) is 1. The molecule has 0 atom stereocenters. The number of amides is 1. The van der Waals surface area contributed by atoms with E-state index in [1.165, 1.54) is 0 Å². The number of ether oxygens (including phenoxy) is 2. The van der Waals surface area contributed by atoms with Gasteiger partial charge in [0.15, 0.2) is 0 Å². The van der Waals surface area contributed by atoms with E-state index in [0.29, 0.717) is 29.2 Å². The highest BCUT2D eigenvalue weighted by atomic mass is 16.5. The summed E-state index contributed by atoms with van der Waals surface area (Å²) in [6, 6.07) is 13.6. The van der Waals surface area contributed by atoms with Crippen molar-refractivity contribution in [1.82, 2.24) is 0 Å². The average Bonchev–Trinajstić information content (AvgIpc) is 2.56. The molecule has 2 aromatic rings. The number of carbonyl (C=O) groups is 2. The molecule has 0 aliphatic heterocycles. The summed E-state index contributed by atoms with van der Waals surface area (Å²) in [6.45, 7) is 5.57. The Hall–Kier alpha value is -2.82. The normalized spacial score (nSPS) is 10.3. The molecular formula is C19H21NO4. The molecule has 0 aromatic heterocycles. The Morgan fingerprint density at radius 2 is 1.71 bits per heavy atom. The van der Waals surface area contributed by atoms with Crippen LogP contribution in [0.1, 0.15) is 37.6 Å². The van der Waals surface area contributed by atoms with E-state index in [1.54, 1.807) is 55.5 Å². The van der Waals surface area contributed by atoms with Crippen LogP contribution in [0.2, 0.25) is 0 Å². The van der Waals surface area contributed by atoms with Gasteiger partial charge in [-0.05, 0) is 50.2 Å². The standard InChI is InChI=1S/C19H21NO4/c1-4-18(21)20-14-9-11-15(12-10-14)24-19(22)16-7-5-6-8-17(16)23-13(2)3/h5-13H,4H2,1-3H3,(H,20,21). The molecule has 0 radical (unpaired) electrons. The van der Waals surface area contributed by atoms with Gasteiger partial charge in [0.05, 0.1) is 6.10 Å². The van der Waals surface area contributed by atoms with Gasteiger partial charge in [0.2, 0.25) is 5.91 Å². The molecule has 0 aliphatic rings. The topological polar surface area (TPSA) is 64.6 Å². The van der Waals surface area contributed by atoms with Gasteiger partial charge in [-0.25, -0.2) is 4.79 Å². The van der Waals surface area contributed by atoms with Crippen molar-refractivity contribution < 1.29 is 19.1 Å². The zero-order valence-electron chi connectivity index (χ0n) is 14.0. The van der Waals surface area contributed by atoms with Crippen molar-refractivity contribution >= 4 is 17.6 Å². The zero-order chi connectivity index (χ0) is 17.5. The van der Waals surface area contributed by atoms with E-state index in [2.05, 4.69) is 5.32 Å². The zero-order valence-corrected chi connectivity index (χ0v) is 14.0. The van der Waals surface area contributed by atoms with Gasteiger partial charge < -0.3 is 14.8 Å². The minimum absolute atomic E-state index is 0.0413. The summed E-state index contributed by atoms with van der Waals surface area (Å²) in [5.74, 6) is 0.328. The molecule has 0 heterocycles. The van der Waals surface area contributed by atoms with Crippen LogP contribution in [0.5, 0.6) is 11.5 Å². The summed E-state index contributed by atoms with van der Waals surface area (Å²) in [5, 5.41) is 2.74. The summed E-state index contributed by atoms with van der Waals surface area (Å²) < 4.78 is 11.0. The van der Waals surface area contributed by atoms with Crippen LogP contribution in [-0.4, -0.2) is 18.0 Å². The Labute approximate surface area is 141 Å². The number of benzene rings is 2. The molecule has 2 aromatic carbocycles. The first kappa shape index (κ1) is 17.5. The SMILES string of the molecule is CCC(=O)Nc1ccc(OC(=O)c2ccccc2OC(C)C)cc1. The van der Waals surface area contributed by atoms with E-state index in [0.717, 1.165) is 0 Å². The third-order valence-electron chi connectivity index (χ3n) is 3.14. The molecule has 0 saturated carbocycles. The fraction of sp³-hybridized carbons (Fsp3) is 0.263. The molecule has 0 aliphatic carbocycles. The van der Waals surface area contributed by atoms with E-state index < -0.39 is 5.97 Å². The van der Waals surface area contributed by atoms with E-state index in [4.69, 9.17) is 9.47 Å². The van der Waals surface area contributed by atoms with Crippen LogP contribution in [0.25, 0.3) is 0 Å². The quantitative estimate of drug-likeness (QED) is 0.642. The number of anilines is 1. The highest BCUT2D eigenvalue weighted by molar-refractivity contribution is 5.94. The summed E-state index contributed by atoms with van der Waals surface area (Å²) in [5.41, 5.74) is 1.03. The number of rotatable bonds is 6. The van der Waals surface area contributed by atoms with E-state index in [-0.39, 0.29) is 12.0 Å². The van der Waals surface area contributed by atoms with Crippen LogP contribution >= 0.6 is 0 Å². The van der Waals surface area contributed by atoms with Gasteiger partial charge in [0.25, 0.3) is 0 Å². The first-order valence-corrected chi connectivity index (χ1v) is 7.87. The molecule has 24 heavy (non-hydrogen) atoms. The summed E-state index contributed by atoms with van der Waals surface area (Å²) in [6.07, 6.45) is 0.365. The maximum Gasteiger partial charge on any atom is 0.347 e. The monoisotopic (exact) mass is 327 g/mol. The summed E-state index contributed by atoms with van der Waals surface area (Å²) in [7, 11) is 0. The molecule has 1 N–H and O–H groups in total. The van der Waals surface area contributed by atoms with Crippen LogP contribution in [0.4, 0.5) is 5.69 Å². The molecule has 1 amide bonds. The number of hydrogen-bond acceptors (Lipinski definition) is 4. The minimum atomic E-state index is -0.489. The second-order valence-corrected chi connectivity index (χ2v) is 5.48. The van der Waals surface area contributed by atoms with Crippen LogP contribution in [0.3, 0.4) is 0 Å². The minimum Gasteiger partial charge on any atom is -0.490 e. The third-order valence-corrected chi connectivity index (χ3v) is 3.14. The fourth-order valence-corrected chi connectivity index (χ4v) is 2.01. The Balaban J connectivity index is 2.08. The first-order valence-electron chi connectivity index (χ1n) is 7.87. The summed E-state index contributed by atoms with van der Waals surface area (Å²) >= 11 is 0. The summed E-state index contributed by atoms with van der Waals surface area (Å²) in [4.78, 5) is 23.7. The Morgan fingerprint density at radius 1 is 1.04 bits per heavy atom. The molecule has 5 heteroatoms. The maximum absolute atomic E-state index is 12.4. The van der Waals surface area contributed by atoms with Crippen molar-refractivity contribution in [3.05, 3.63) is 54.1 Å². The Bertz CT molecular complexity index is 708. The van der Waals surface area contributed by atoms with Crippen molar-refractivity contribution in [3.63, 3.8) is 0 Å². The fourth-order valence-electron chi connectivity index (χ4n) is 2.01. The molecule has 5 nitrogen and oxygen atoms in total. The van der Waals surface area contributed by atoms with Gasteiger partial charge in [0, 0.05) is 12.1 Å². The highest BCUT2D eigenvalue weighted by Crippen LogP contribution is 2.23. The van der Waals surface area contributed by atoms with Gasteiger partial charge >= 0.3 is 5.97 Å². The van der Waals surface area contributed by atoms with E-state index in [9.17, 15) is 9.59 Å². The van der Waals surface area contributed by atoms with Crippen LogP contribution < -0.4 is 14.8 Å². The number of hydrogen-bond donors (Lipinski definition) is 1. The Morgan fingerprint density at radius 3 is 2.33 bits per heavy atom. The predicted molar refractivity (Wildman–Crippen MR) is 92.5 cm³/mol. The van der Waals surface area contributed by atoms with Gasteiger partial charge in [-0.15, -0.1) is 0 Å². The maximum atomic E-state index is 12.4. The number of para-hydroxylation sites is 1. The molecular weight excluding hydrogens is 306 g/mol. The molecule has 0 fully saturated rings. The van der Waals surface area contributed by atoms with Gasteiger partial charge in [-0.3, -0.25) is 4.79 Å². The largest absolute Gasteiger partial charge is 0.490 e. The molecule has 0 bridgehead atoms. The van der Waals surface area contributed by atoms with E-state index in [1.807, 2.05) is 13.8 Å². The van der Waals surface area contributed by atoms with Crippen LogP contribution in [0.15, 0.2) is 48.5 Å². The second-order valence-electron chi connectivity index (χ2n) is 5.48. The highest BCUT2D eigenvalue weighted by Gasteiger charge is 2.15. The lowest BCUT2D eigenvalue weighted by atomic mass is 10.2. The van der Waals surface area contributed by atoms with Crippen molar-refractivity contribution in [2.45, 2.75) is 33.3 Å². The van der Waals surface area contributed by atoms with Gasteiger partial charge in [-0.2, -0.15) is 0 Å². The molecule has 2 rings (SSSR count). The number of carbonyl (C=O) groups excluding carboxylic acids is 2. The van der Waals surface area contributed by atoms with Gasteiger partial charge in [-0.1, -0.05) is 19.1 Å². The lowest BCUT2D eigenvalue weighted by Gasteiger charge is -2.13. The smallest absolute Gasteiger partial charge is 0.347 e. The lowest BCUT2D eigenvalue weighted by Crippen LogP contribution is -2.14. The van der Waals surface area contributed by atoms with Crippen molar-refractivity contribution in [2.75, 3.05) is 5.32 Å². The van der Waals surface area contributed by atoms with Crippen LogP contribution in [-0.2, 0) is 4.79 Å². The van der Waals surface area contributed by atoms with Crippen molar-refractivity contribution in [1.29, 1.82) is 0 Å². The average molecular weight is 327 g/mol. The Kier molecular flexibility index (Phi) is 5.95.